The number of anilines is 2. The molecule has 2 N–H and O–H groups in total. The van der Waals surface area contributed by atoms with Crippen LogP contribution in [0.15, 0.2) is 70.6 Å². The van der Waals surface area contributed by atoms with E-state index in [1.165, 1.54) is 6.07 Å². The Labute approximate surface area is 322 Å². The van der Waals surface area contributed by atoms with Gasteiger partial charge in [0.2, 0.25) is 0 Å². The number of esters is 1. The van der Waals surface area contributed by atoms with Gasteiger partial charge in [0.15, 0.2) is 0 Å². The number of nitrogens with one attached hydrogen (secondary N) is 1. The predicted molar refractivity (Wildman–Crippen MR) is 209 cm³/mol. The lowest BCUT2D eigenvalue weighted by atomic mass is 9.85. The van der Waals surface area contributed by atoms with Crippen molar-refractivity contribution in [3.63, 3.8) is 0 Å². The maximum absolute atomic E-state index is 14.2. The van der Waals surface area contributed by atoms with E-state index >= 15 is 0 Å². The molecule has 3 aliphatic heterocycles. The number of thioether (sulfide) groups is 1. The number of carboxylic acid groups (broad SMARTS) is 1. The van der Waals surface area contributed by atoms with E-state index in [4.69, 9.17) is 14.5 Å². The lowest BCUT2D eigenvalue weighted by Gasteiger charge is -2.32. The highest BCUT2D eigenvalue weighted by atomic mass is 32.3. The Morgan fingerprint density at radius 3 is 2.53 bits per heavy atom. The highest BCUT2D eigenvalue weighted by molar-refractivity contribution is 7.99. The summed E-state index contributed by atoms with van der Waals surface area (Å²) in [6.45, 7) is 5.96. The fourth-order valence-electron chi connectivity index (χ4n) is 7.29. The Hall–Kier alpha value is -5.21. The van der Waals surface area contributed by atoms with Gasteiger partial charge in [0, 0.05) is 70.0 Å². The van der Waals surface area contributed by atoms with Gasteiger partial charge in [-0.3, -0.25) is 9.79 Å². The van der Waals surface area contributed by atoms with Crippen molar-refractivity contribution >= 4 is 56.8 Å². The van der Waals surface area contributed by atoms with Gasteiger partial charge in [0.25, 0.3) is 5.91 Å². The molecule has 3 heterocycles. The maximum atomic E-state index is 14.2. The van der Waals surface area contributed by atoms with Crippen LogP contribution in [0.5, 0.6) is 11.5 Å². The molecule has 0 saturated carbocycles. The second-order valence-corrected chi connectivity index (χ2v) is 16.7. The number of benzene rings is 4. The molecule has 3 aliphatic rings. The summed E-state index contributed by atoms with van der Waals surface area (Å²) < 4.78 is 49.9. The van der Waals surface area contributed by atoms with Crippen LogP contribution in [0, 0.1) is 0 Å². The van der Waals surface area contributed by atoms with Crippen LogP contribution < -0.4 is 25.5 Å². The highest BCUT2D eigenvalue weighted by Gasteiger charge is 2.31. The lowest BCUT2D eigenvalue weighted by Crippen LogP contribution is -2.29. The van der Waals surface area contributed by atoms with Gasteiger partial charge < -0.3 is 24.8 Å². The first-order valence-electron chi connectivity index (χ1n) is 18.2. The zero-order valence-electron chi connectivity index (χ0n) is 30.6. The van der Waals surface area contributed by atoms with Gasteiger partial charge in [-0.2, -0.15) is 20.2 Å². The standard InChI is InChI=1S/C41H40FN3O8S2/c1-4-23(2)54-20-19-52-41(49)33-21-24(44-39(46)32-22-25(55(42,50)51)10-12-27(32)40(47)48)9-11-26(33)36-30-13-15-34-28(7-5-17-43-34)37(30)53-38-29-8-6-18-45(3)35(29)16-14-31(36)38/h9-16,21-23H,4-8,17-20H2,1-3H3,(H,44,46)(H,47,48). The van der Waals surface area contributed by atoms with E-state index < -0.39 is 44.1 Å². The van der Waals surface area contributed by atoms with Gasteiger partial charge in [-0.1, -0.05) is 19.9 Å². The van der Waals surface area contributed by atoms with Crippen LogP contribution in [0.3, 0.4) is 0 Å². The second-order valence-electron chi connectivity index (χ2n) is 13.8. The molecule has 0 saturated heterocycles. The molecule has 1 unspecified atom stereocenters. The predicted octanol–water partition coefficient (Wildman–Crippen LogP) is 6.29. The maximum Gasteiger partial charge on any atom is 0.338 e. The normalized spacial score (nSPS) is 15.0. The van der Waals surface area contributed by atoms with Crippen molar-refractivity contribution in [1.82, 2.24) is 0 Å². The molecule has 11 nitrogen and oxygen atoms in total. The average molecular weight is 786 g/mol. The smallest absolute Gasteiger partial charge is 0.338 e. The quantitative estimate of drug-likeness (QED) is 0.0889. The summed E-state index contributed by atoms with van der Waals surface area (Å²) in [5.41, 5.74) is 4.33. The fourth-order valence-corrected chi connectivity index (χ4v) is 8.60. The third-order valence-electron chi connectivity index (χ3n) is 10.2. The molecule has 4 aromatic carbocycles. The van der Waals surface area contributed by atoms with Crippen LogP contribution in [0.1, 0.15) is 86.4 Å². The Kier molecular flexibility index (Phi) is 10.7. The first-order chi connectivity index (χ1) is 26.3. The summed E-state index contributed by atoms with van der Waals surface area (Å²) >= 11 is 1.68. The summed E-state index contributed by atoms with van der Waals surface area (Å²) in [4.78, 5) is 45.8. The monoisotopic (exact) mass is 785 g/mol. The molecule has 1 atom stereocenters. The van der Waals surface area contributed by atoms with Gasteiger partial charge in [0.05, 0.1) is 26.9 Å². The molecule has 4 aromatic rings. The lowest BCUT2D eigenvalue weighted by molar-refractivity contribution is 0.0529. The molecule has 0 aromatic heterocycles. The van der Waals surface area contributed by atoms with Gasteiger partial charge in [-0.05, 0) is 92.3 Å². The first kappa shape index (κ1) is 38.1. The van der Waals surface area contributed by atoms with Crippen LogP contribution >= 0.6 is 11.8 Å². The molecule has 0 fully saturated rings. The molecule has 0 bridgehead atoms. The van der Waals surface area contributed by atoms with Gasteiger partial charge in [-0.25, -0.2) is 9.59 Å². The Morgan fingerprint density at radius 1 is 0.982 bits per heavy atom. The Morgan fingerprint density at radius 2 is 1.76 bits per heavy atom. The summed E-state index contributed by atoms with van der Waals surface area (Å²) in [6.07, 6.45) is 4.36. The molecule has 0 radical (unpaired) electrons. The molecule has 286 valence electrons. The van der Waals surface area contributed by atoms with E-state index in [1.54, 1.807) is 23.9 Å². The van der Waals surface area contributed by atoms with E-state index in [0.717, 1.165) is 102 Å². The van der Waals surface area contributed by atoms with Crippen molar-refractivity contribution < 1.29 is 41.3 Å². The molecular formula is C41H40FN3O8S2. The average Bonchev–Trinajstić information content (AvgIpc) is 3.17. The van der Waals surface area contributed by atoms with E-state index in [2.05, 4.69) is 37.2 Å². The van der Waals surface area contributed by atoms with Crippen LogP contribution in [-0.2, 0) is 27.8 Å². The number of amides is 1. The van der Waals surface area contributed by atoms with E-state index in [-0.39, 0.29) is 17.9 Å². The number of rotatable bonds is 11. The van der Waals surface area contributed by atoms with Crippen molar-refractivity contribution in [2.75, 3.05) is 42.7 Å². The number of fused-ring (bicyclic) bond motifs is 6. The van der Waals surface area contributed by atoms with Crippen LogP contribution in [0.4, 0.5) is 15.3 Å². The van der Waals surface area contributed by atoms with E-state index in [9.17, 15) is 31.8 Å². The minimum atomic E-state index is -5.25. The highest BCUT2D eigenvalue weighted by Crippen LogP contribution is 2.45. The van der Waals surface area contributed by atoms with E-state index in [0.29, 0.717) is 28.4 Å². The third-order valence-corrected chi connectivity index (χ3v) is 12.3. The summed E-state index contributed by atoms with van der Waals surface area (Å²) in [5.74, 6) is -1.18. The van der Waals surface area contributed by atoms with Gasteiger partial charge >= 0.3 is 22.2 Å². The molecule has 1 amide bonds. The molecule has 14 heteroatoms. The Bertz CT molecular complexity index is 2490. The number of halogens is 1. The number of carbonyl (C=O) groups is 3. The summed E-state index contributed by atoms with van der Waals surface area (Å²) in [7, 11) is -3.19. The number of ether oxygens (including phenoxy) is 2. The minimum Gasteiger partial charge on any atom is -0.478 e. The second kappa shape index (κ2) is 15.5. The molecule has 7 rings (SSSR count). The molecular weight excluding hydrogens is 746 g/mol. The summed E-state index contributed by atoms with van der Waals surface area (Å²) in [5, 5.41) is 14.4. The minimum absolute atomic E-state index is 0.101. The van der Waals surface area contributed by atoms with Crippen molar-refractivity contribution in [2.24, 2.45) is 4.99 Å². The van der Waals surface area contributed by atoms with Gasteiger partial charge in [0.1, 0.15) is 18.1 Å². The van der Waals surface area contributed by atoms with Crippen LogP contribution in [-0.4, -0.2) is 69.1 Å². The van der Waals surface area contributed by atoms with Gasteiger partial charge in [-0.15, -0.1) is 3.89 Å². The number of nitrogens with zero attached hydrogens (tertiary/aromatic N) is 2. The summed E-state index contributed by atoms with van der Waals surface area (Å²) in [6, 6.07) is 15.0. The van der Waals surface area contributed by atoms with Crippen LogP contribution in [0.25, 0.3) is 5.57 Å². The van der Waals surface area contributed by atoms with E-state index in [1.807, 2.05) is 18.2 Å². The third kappa shape index (κ3) is 7.57. The van der Waals surface area contributed by atoms with Crippen LogP contribution in [0.2, 0.25) is 0 Å². The van der Waals surface area contributed by atoms with Crippen molar-refractivity contribution in [2.45, 2.75) is 56.1 Å². The largest absolute Gasteiger partial charge is 0.478 e. The Balaban J connectivity index is 1.39. The zero-order chi connectivity index (χ0) is 39.0. The van der Waals surface area contributed by atoms with Crippen molar-refractivity contribution in [1.29, 1.82) is 0 Å². The van der Waals surface area contributed by atoms with Crippen molar-refractivity contribution in [3.05, 3.63) is 110 Å². The number of carboxylic acids is 1. The number of hydrogen-bond donors (Lipinski definition) is 2. The first-order valence-corrected chi connectivity index (χ1v) is 20.6. The topological polar surface area (TPSA) is 152 Å². The zero-order valence-corrected chi connectivity index (χ0v) is 32.2. The molecule has 55 heavy (non-hydrogen) atoms. The fraction of sp³-hybridized carbons (Fsp3) is 0.317. The number of aromatic carboxylic acids is 1. The SMILES string of the molecule is CCC(C)SCCOC(=O)c1cc(NC(=O)c2cc(S(=O)(=O)F)ccc2C(=O)O)ccc1C1=c2ccc3c(c2Oc2c1ccc1c2CCCN1C)CCCN=3. The molecule has 0 aliphatic carbocycles. The number of hydrogen-bond acceptors (Lipinski definition) is 10. The molecule has 0 spiro atoms. The van der Waals surface area contributed by atoms with Crippen molar-refractivity contribution in [3.8, 4) is 11.5 Å². The number of carbonyl (C=O) groups excluding carboxylic acids is 2.